The summed E-state index contributed by atoms with van der Waals surface area (Å²) in [6.45, 7) is 2.57. The van der Waals surface area contributed by atoms with E-state index in [2.05, 4.69) is 4.98 Å². The summed E-state index contributed by atoms with van der Waals surface area (Å²) in [6, 6.07) is 4.62. The van der Waals surface area contributed by atoms with E-state index in [0.29, 0.717) is 23.5 Å². The molecule has 0 atom stereocenters. The van der Waals surface area contributed by atoms with Gasteiger partial charge in [0.05, 0.1) is 28.5 Å². The quantitative estimate of drug-likeness (QED) is 0.667. The van der Waals surface area contributed by atoms with E-state index in [9.17, 15) is 4.79 Å². The number of aromatic nitrogens is 1. The highest BCUT2D eigenvalue weighted by Crippen LogP contribution is 2.30. The van der Waals surface area contributed by atoms with Gasteiger partial charge in [-0.3, -0.25) is 9.78 Å². The molecule has 0 unspecified atom stereocenters. The van der Waals surface area contributed by atoms with Crippen molar-refractivity contribution in [2.75, 3.05) is 12.3 Å². The van der Waals surface area contributed by atoms with E-state index in [0.717, 1.165) is 6.42 Å². The number of pyridine rings is 1. The van der Waals surface area contributed by atoms with Crippen LogP contribution in [-0.2, 0) is 0 Å². The summed E-state index contributed by atoms with van der Waals surface area (Å²) in [5.41, 5.74) is 6.68. The second-order valence-electron chi connectivity index (χ2n) is 4.44. The minimum absolute atomic E-state index is 0.242. The maximum absolute atomic E-state index is 12.4. The minimum atomic E-state index is -0.242. The first kappa shape index (κ1) is 15.6. The van der Waals surface area contributed by atoms with Crippen LogP contribution in [0.1, 0.15) is 29.3 Å². The van der Waals surface area contributed by atoms with E-state index in [-0.39, 0.29) is 21.5 Å². The van der Waals surface area contributed by atoms with E-state index in [1.807, 2.05) is 6.92 Å². The Kier molecular flexibility index (Phi) is 5.04. The number of anilines is 1. The Morgan fingerprint density at radius 1 is 1.19 bits per heavy atom. The van der Waals surface area contributed by atoms with Gasteiger partial charge < -0.3 is 10.5 Å². The summed E-state index contributed by atoms with van der Waals surface area (Å²) in [5.74, 6) is 0.309. The van der Waals surface area contributed by atoms with Crippen LogP contribution >= 0.6 is 23.2 Å². The summed E-state index contributed by atoms with van der Waals surface area (Å²) in [4.78, 5) is 16.4. The maximum Gasteiger partial charge on any atom is 0.194 e. The van der Waals surface area contributed by atoms with E-state index >= 15 is 0 Å². The van der Waals surface area contributed by atoms with Crippen LogP contribution in [0.2, 0.25) is 10.0 Å². The average molecular weight is 325 g/mol. The lowest BCUT2D eigenvalue weighted by atomic mass is 10.0. The van der Waals surface area contributed by atoms with Crippen LogP contribution in [0.4, 0.5) is 5.69 Å². The van der Waals surface area contributed by atoms with Gasteiger partial charge in [0.25, 0.3) is 0 Å². The fraction of sp³-hybridized carbons (Fsp3) is 0.200. The molecular formula is C15H14Cl2N2O2. The summed E-state index contributed by atoms with van der Waals surface area (Å²) in [6.07, 6.45) is 3.91. The number of hydrogen-bond acceptors (Lipinski definition) is 4. The lowest BCUT2D eigenvalue weighted by molar-refractivity contribution is 0.103. The van der Waals surface area contributed by atoms with E-state index in [1.54, 1.807) is 12.3 Å². The largest absolute Gasteiger partial charge is 0.492 e. The lowest BCUT2D eigenvalue weighted by Crippen LogP contribution is -2.04. The van der Waals surface area contributed by atoms with Crippen LogP contribution in [0.5, 0.6) is 5.75 Å². The zero-order valence-corrected chi connectivity index (χ0v) is 12.9. The van der Waals surface area contributed by atoms with Gasteiger partial charge in [0.2, 0.25) is 0 Å². The number of carbonyl (C=O) groups is 1. The first-order chi connectivity index (χ1) is 10.0. The lowest BCUT2D eigenvalue weighted by Gasteiger charge is -2.08. The molecule has 2 rings (SSSR count). The van der Waals surface area contributed by atoms with Crippen molar-refractivity contribution in [3.05, 3.63) is 51.8 Å². The van der Waals surface area contributed by atoms with Crippen LogP contribution < -0.4 is 10.5 Å². The second-order valence-corrected chi connectivity index (χ2v) is 5.25. The highest BCUT2D eigenvalue weighted by molar-refractivity contribution is 6.39. The summed E-state index contributed by atoms with van der Waals surface area (Å²) in [5, 5.41) is 0.495. The number of halogens is 2. The number of hydrogen-bond donors (Lipinski definition) is 1. The van der Waals surface area contributed by atoms with E-state index in [4.69, 9.17) is 33.7 Å². The van der Waals surface area contributed by atoms with Crippen molar-refractivity contribution in [2.45, 2.75) is 13.3 Å². The molecule has 2 N–H and O–H groups in total. The summed E-state index contributed by atoms with van der Waals surface area (Å²) >= 11 is 11.9. The van der Waals surface area contributed by atoms with Crippen molar-refractivity contribution >= 4 is 34.7 Å². The number of benzene rings is 1. The first-order valence-electron chi connectivity index (χ1n) is 6.40. The number of ketones is 1. The van der Waals surface area contributed by atoms with E-state index in [1.165, 1.54) is 18.3 Å². The van der Waals surface area contributed by atoms with Crippen molar-refractivity contribution in [1.82, 2.24) is 4.98 Å². The van der Waals surface area contributed by atoms with Gasteiger partial charge >= 0.3 is 0 Å². The Hall–Kier alpha value is -1.78. The first-order valence-corrected chi connectivity index (χ1v) is 7.15. The van der Waals surface area contributed by atoms with Crippen molar-refractivity contribution in [3.8, 4) is 5.75 Å². The molecule has 0 fully saturated rings. The number of ether oxygens (including phenoxy) is 1. The van der Waals surface area contributed by atoms with Crippen molar-refractivity contribution in [2.24, 2.45) is 0 Å². The van der Waals surface area contributed by atoms with Crippen molar-refractivity contribution in [1.29, 1.82) is 0 Å². The highest BCUT2D eigenvalue weighted by atomic mass is 35.5. The third kappa shape index (κ3) is 3.65. The Morgan fingerprint density at radius 2 is 1.86 bits per heavy atom. The zero-order valence-electron chi connectivity index (χ0n) is 11.4. The van der Waals surface area contributed by atoms with Crippen molar-refractivity contribution in [3.63, 3.8) is 0 Å². The Morgan fingerprint density at radius 3 is 2.48 bits per heavy atom. The third-order valence-corrected chi connectivity index (χ3v) is 3.41. The topological polar surface area (TPSA) is 65.2 Å². The molecule has 0 aliphatic heterocycles. The van der Waals surface area contributed by atoms with Crippen LogP contribution in [0.25, 0.3) is 0 Å². The van der Waals surface area contributed by atoms with Gasteiger partial charge in [0.15, 0.2) is 5.78 Å². The second kappa shape index (κ2) is 6.78. The smallest absolute Gasteiger partial charge is 0.194 e. The number of nitrogens with zero attached hydrogens (tertiary/aromatic N) is 1. The molecule has 1 aromatic carbocycles. The molecule has 0 radical (unpaired) electrons. The molecule has 110 valence electrons. The predicted octanol–water partition coefficient (Wildman–Crippen LogP) is 3.99. The van der Waals surface area contributed by atoms with E-state index < -0.39 is 0 Å². The third-order valence-electron chi connectivity index (χ3n) is 2.79. The Bertz CT molecular complexity index is 651. The molecule has 0 aliphatic rings. The van der Waals surface area contributed by atoms with Crippen molar-refractivity contribution < 1.29 is 9.53 Å². The average Bonchev–Trinajstić information content (AvgIpc) is 2.49. The molecule has 1 heterocycles. The normalized spacial score (nSPS) is 10.4. The molecule has 0 spiro atoms. The number of carbonyl (C=O) groups excluding carboxylic acids is 1. The molecule has 0 saturated heterocycles. The van der Waals surface area contributed by atoms with Gasteiger partial charge in [-0.1, -0.05) is 30.1 Å². The molecular weight excluding hydrogens is 311 g/mol. The van der Waals surface area contributed by atoms with Crippen LogP contribution in [-0.4, -0.2) is 17.4 Å². The predicted molar refractivity (Wildman–Crippen MR) is 84.3 cm³/mol. The number of nitrogens with two attached hydrogens (primary N) is 1. The SMILES string of the molecule is CCCOc1cncc(C(=O)c2cc(Cl)c(N)c(Cl)c2)c1. The number of nitrogen functional groups attached to an aromatic ring is 1. The molecule has 6 heteroatoms. The van der Waals surface area contributed by atoms with Gasteiger partial charge in [-0.25, -0.2) is 0 Å². The highest BCUT2D eigenvalue weighted by Gasteiger charge is 2.14. The van der Waals surface area contributed by atoms with Gasteiger partial charge in [-0.05, 0) is 24.6 Å². The van der Waals surface area contributed by atoms with Crippen LogP contribution in [0, 0.1) is 0 Å². The molecule has 2 aromatic rings. The van der Waals surface area contributed by atoms with Crippen LogP contribution in [0.3, 0.4) is 0 Å². The van der Waals surface area contributed by atoms with Crippen LogP contribution in [0.15, 0.2) is 30.6 Å². The summed E-state index contributed by atoms with van der Waals surface area (Å²) in [7, 11) is 0. The van der Waals surface area contributed by atoms with Gasteiger partial charge in [-0.15, -0.1) is 0 Å². The molecule has 0 bridgehead atoms. The maximum atomic E-state index is 12.4. The zero-order chi connectivity index (χ0) is 15.4. The fourth-order valence-electron chi connectivity index (χ4n) is 1.72. The Labute approximate surface area is 132 Å². The molecule has 0 aliphatic carbocycles. The fourth-order valence-corrected chi connectivity index (χ4v) is 2.21. The standard InChI is InChI=1S/C15H14Cl2N2O2/c1-2-3-21-11-4-10(7-19-8-11)15(20)9-5-12(16)14(18)13(17)6-9/h4-8H,2-3,18H2,1H3. The van der Waals surface area contributed by atoms with Gasteiger partial charge in [0.1, 0.15) is 5.75 Å². The Balaban J connectivity index is 2.31. The monoisotopic (exact) mass is 324 g/mol. The number of rotatable bonds is 5. The summed E-state index contributed by atoms with van der Waals surface area (Å²) < 4.78 is 5.46. The molecule has 4 nitrogen and oxygen atoms in total. The van der Waals surface area contributed by atoms with Gasteiger partial charge in [0, 0.05) is 17.3 Å². The molecule has 0 amide bonds. The molecule has 21 heavy (non-hydrogen) atoms. The minimum Gasteiger partial charge on any atom is -0.492 e. The molecule has 0 saturated carbocycles. The molecule has 1 aromatic heterocycles. The van der Waals surface area contributed by atoms with Gasteiger partial charge in [-0.2, -0.15) is 0 Å².